The topological polar surface area (TPSA) is 74.3 Å². The number of benzene rings is 2. The van der Waals surface area contributed by atoms with Crippen molar-refractivity contribution in [2.75, 3.05) is 13.2 Å². The van der Waals surface area contributed by atoms with E-state index in [0.29, 0.717) is 5.69 Å². The number of ether oxygens (including phenoxy) is 1. The van der Waals surface area contributed by atoms with Gasteiger partial charge < -0.3 is 20.1 Å². The summed E-state index contributed by atoms with van der Waals surface area (Å²) in [6, 6.07) is 12.3. The molecule has 0 aliphatic heterocycles. The van der Waals surface area contributed by atoms with Gasteiger partial charge in [0.2, 0.25) is 0 Å². The molecule has 0 fully saturated rings. The molecule has 1 amide bonds. The van der Waals surface area contributed by atoms with Gasteiger partial charge in [0.1, 0.15) is 24.2 Å². The molecule has 0 aliphatic rings. The first kappa shape index (κ1) is 16.9. The highest BCUT2D eigenvalue weighted by atomic mass is 19.2. The van der Waals surface area contributed by atoms with Crippen molar-refractivity contribution >= 4 is 16.8 Å². The molecule has 0 spiro atoms. The van der Waals surface area contributed by atoms with Gasteiger partial charge in [-0.05, 0) is 24.3 Å². The van der Waals surface area contributed by atoms with Gasteiger partial charge in [-0.15, -0.1) is 0 Å². The van der Waals surface area contributed by atoms with Crippen LogP contribution in [-0.4, -0.2) is 35.3 Å². The Balaban J connectivity index is 1.50. The van der Waals surface area contributed by atoms with E-state index in [-0.39, 0.29) is 24.8 Å². The van der Waals surface area contributed by atoms with Crippen LogP contribution in [0.25, 0.3) is 10.9 Å². The first-order chi connectivity index (χ1) is 12.0. The highest BCUT2D eigenvalue weighted by Crippen LogP contribution is 2.16. The zero-order chi connectivity index (χ0) is 17.8. The Morgan fingerprint density at radius 2 is 1.96 bits per heavy atom. The summed E-state index contributed by atoms with van der Waals surface area (Å²) in [4.78, 5) is 15.1. The standard InChI is InChI=1S/C18H16F2N2O3/c19-14-6-5-13(8-15(14)20)25-10-12(23)9-21-18(24)17-7-11-3-1-2-4-16(11)22-17/h1-8,12,22-23H,9-10H2,(H,21,24). The fourth-order valence-electron chi connectivity index (χ4n) is 2.32. The van der Waals surface area contributed by atoms with Gasteiger partial charge in [-0.25, -0.2) is 8.78 Å². The van der Waals surface area contributed by atoms with Gasteiger partial charge in [0.05, 0.1) is 0 Å². The fraction of sp³-hybridized carbons (Fsp3) is 0.167. The van der Waals surface area contributed by atoms with Crippen LogP contribution in [-0.2, 0) is 0 Å². The number of aliphatic hydroxyl groups is 1. The number of aromatic amines is 1. The second kappa shape index (κ2) is 7.31. The van der Waals surface area contributed by atoms with Crippen LogP contribution in [0.5, 0.6) is 5.75 Å². The number of amides is 1. The summed E-state index contributed by atoms with van der Waals surface area (Å²) in [6.45, 7) is -0.212. The van der Waals surface area contributed by atoms with Crippen LogP contribution >= 0.6 is 0 Å². The van der Waals surface area contributed by atoms with Crippen molar-refractivity contribution in [1.29, 1.82) is 0 Å². The van der Waals surface area contributed by atoms with Gasteiger partial charge >= 0.3 is 0 Å². The van der Waals surface area contributed by atoms with E-state index >= 15 is 0 Å². The van der Waals surface area contributed by atoms with Crippen LogP contribution in [0, 0.1) is 11.6 Å². The molecule has 3 N–H and O–H groups in total. The molecular formula is C18H16F2N2O3. The van der Waals surface area contributed by atoms with Crippen LogP contribution in [0.15, 0.2) is 48.5 Å². The number of carbonyl (C=O) groups excluding carboxylic acids is 1. The van der Waals surface area contributed by atoms with Crippen molar-refractivity contribution in [2.24, 2.45) is 0 Å². The Labute approximate surface area is 142 Å². The molecule has 1 aromatic heterocycles. The number of carbonyl (C=O) groups is 1. The third-order valence-electron chi connectivity index (χ3n) is 3.61. The maximum absolute atomic E-state index is 13.1. The van der Waals surface area contributed by atoms with Crippen LogP contribution in [0.3, 0.4) is 0 Å². The zero-order valence-corrected chi connectivity index (χ0v) is 13.1. The van der Waals surface area contributed by atoms with E-state index in [9.17, 15) is 18.7 Å². The number of rotatable bonds is 6. The highest BCUT2D eigenvalue weighted by molar-refractivity contribution is 5.97. The molecule has 3 rings (SSSR count). The summed E-state index contributed by atoms with van der Waals surface area (Å²) >= 11 is 0. The van der Waals surface area contributed by atoms with E-state index in [1.165, 1.54) is 6.07 Å². The van der Waals surface area contributed by atoms with Crippen LogP contribution < -0.4 is 10.1 Å². The molecule has 1 heterocycles. The predicted molar refractivity (Wildman–Crippen MR) is 88.5 cm³/mol. The quantitative estimate of drug-likeness (QED) is 0.642. The molecule has 25 heavy (non-hydrogen) atoms. The molecule has 0 aliphatic carbocycles. The van der Waals surface area contributed by atoms with E-state index in [0.717, 1.165) is 23.0 Å². The summed E-state index contributed by atoms with van der Waals surface area (Å²) in [5.41, 5.74) is 1.23. The van der Waals surface area contributed by atoms with Crippen LogP contribution in [0.1, 0.15) is 10.5 Å². The number of nitrogens with one attached hydrogen (secondary N) is 2. The summed E-state index contributed by atoms with van der Waals surface area (Å²) in [6.07, 6.45) is -0.999. The minimum Gasteiger partial charge on any atom is -0.491 e. The smallest absolute Gasteiger partial charge is 0.267 e. The number of halogens is 2. The zero-order valence-electron chi connectivity index (χ0n) is 13.1. The minimum absolute atomic E-state index is 0.0438. The van der Waals surface area contributed by atoms with Crippen molar-refractivity contribution in [1.82, 2.24) is 10.3 Å². The first-order valence-electron chi connectivity index (χ1n) is 7.65. The molecule has 0 saturated carbocycles. The van der Waals surface area contributed by atoms with Crippen LogP contribution in [0.2, 0.25) is 0 Å². The molecule has 130 valence electrons. The number of para-hydroxylation sites is 1. The third kappa shape index (κ3) is 4.13. The monoisotopic (exact) mass is 346 g/mol. The molecule has 1 unspecified atom stereocenters. The number of H-pyrrole nitrogens is 1. The predicted octanol–water partition coefficient (Wildman–Crippen LogP) is 2.62. The molecule has 0 saturated heterocycles. The second-order valence-corrected chi connectivity index (χ2v) is 5.52. The van der Waals surface area contributed by atoms with Crippen molar-refractivity contribution < 1.29 is 23.4 Å². The lowest BCUT2D eigenvalue weighted by molar-refractivity contribution is 0.0840. The van der Waals surface area contributed by atoms with E-state index in [1.54, 1.807) is 6.07 Å². The molecule has 0 radical (unpaired) electrons. The Morgan fingerprint density at radius 3 is 2.72 bits per heavy atom. The number of hydrogen-bond donors (Lipinski definition) is 3. The number of fused-ring (bicyclic) bond motifs is 1. The summed E-state index contributed by atoms with van der Waals surface area (Å²) < 4.78 is 31.0. The average molecular weight is 346 g/mol. The molecule has 5 nitrogen and oxygen atoms in total. The lowest BCUT2D eigenvalue weighted by Gasteiger charge is -2.13. The minimum atomic E-state index is -1.03. The average Bonchev–Trinajstić information content (AvgIpc) is 3.05. The van der Waals surface area contributed by atoms with Crippen molar-refractivity contribution in [3.63, 3.8) is 0 Å². The first-order valence-corrected chi connectivity index (χ1v) is 7.65. The van der Waals surface area contributed by atoms with Crippen molar-refractivity contribution in [2.45, 2.75) is 6.10 Å². The third-order valence-corrected chi connectivity index (χ3v) is 3.61. The van der Waals surface area contributed by atoms with Gasteiger partial charge in [-0.2, -0.15) is 0 Å². The van der Waals surface area contributed by atoms with Gasteiger partial charge in [0, 0.05) is 23.5 Å². The Morgan fingerprint density at radius 1 is 1.16 bits per heavy atom. The Bertz CT molecular complexity index is 862. The second-order valence-electron chi connectivity index (χ2n) is 5.52. The van der Waals surface area contributed by atoms with Gasteiger partial charge in [-0.3, -0.25) is 4.79 Å². The fourth-order valence-corrected chi connectivity index (χ4v) is 2.32. The lowest BCUT2D eigenvalue weighted by Crippen LogP contribution is -2.35. The van der Waals surface area contributed by atoms with Crippen LogP contribution in [0.4, 0.5) is 8.78 Å². The van der Waals surface area contributed by atoms with Gasteiger partial charge in [0.25, 0.3) is 5.91 Å². The SMILES string of the molecule is O=C(NCC(O)COc1ccc(F)c(F)c1)c1cc2ccccc2[nH]1. The highest BCUT2D eigenvalue weighted by Gasteiger charge is 2.12. The van der Waals surface area contributed by atoms with Gasteiger partial charge in [-0.1, -0.05) is 18.2 Å². The van der Waals surface area contributed by atoms with Crippen molar-refractivity contribution in [3.8, 4) is 5.75 Å². The number of hydrogen-bond acceptors (Lipinski definition) is 3. The molecule has 1 atom stereocenters. The van der Waals surface area contributed by atoms with Gasteiger partial charge in [0.15, 0.2) is 11.6 Å². The molecule has 7 heteroatoms. The van der Waals surface area contributed by atoms with Crippen molar-refractivity contribution in [3.05, 3.63) is 65.9 Å². The molecule has 0 bridgehead atoms. The number of aromatic nitrogens is 1. The summed E-state index contributed by atoms with van der Waals surface area (Å²) in [5.74, 6) is -2.26. The maximum Gasteiger partial charge on any atom is 0.267 e. The lowest BCUT2D eigenvalue weighted by atomic mass is 10.2. The number of aliphatic hydroxyl groups excluding tert-OH is 1. The largest absolute Gasteiger partial charge is 0.491 e. The Kier molecular flexibility index (Phi) is 4.95. The summed E-state index contributed by atoms with van der Waals surface area (Å²) in [7, 11) is 0. The van der Waals surface area contributed by atoms with E-state index in [1.807, 2.05) is 24.3 Å². The summed E-state index contributed by atoms with van der Waals surface area (Å²) in [5, 5.41) is 13.3. The van der Waals surface area contributed by atoms with E-state index < -0.39 is 17.7 Å². The molecule has 3 aromatic rings. The molecule has 2 aromatic carbocycles. The Hall–Kier alpha value is -2.93. The normalized spacial score (nSPS) is 12.1. The molecular weight excluding hydrogens is 330 g/mol. The van der Waals surface area contributed by atoms with E-state index in [4.69, 9.17) is 4.74 Å². The van der Waals surface area contributed by atoms with E-state index in [2.05, 4.69) is 10.3 Å². The maximum atomic E-state index is 13.1.